The number of nitrogens with zero attached hydrogens (tertiary/aromatic N) is 1. The van der Waals surface area contributed by atoms with Gasteiger partial charge in [-0.3, -0.25) is 0 Å². The molecule has 0 aliphatic heterocycles. The summed E-state index contributed by atoms with van der Waals surface area (Å²) in [6.45, 7) is 1.82. The lowest BCUT2D eigenvalue weighted by molar-refractivity contribution is 0.433. The maximum atomic E-state index is 13.4. The van der Waals surface area contributed by atoms with Crippen LogP contribution in [0, 0.1) is 12.7 Å². The highest BCUT2D eigenvalue weighted by Crippen LogP contribution is 2.24. The second-order valence-corrected chi connectivity index (χ2v) is 3.10. The van der Waals surface area contributed by atoms with Gasteiger partial charge in [-0.05, 0) is 24.6 Å². The summed E-state index contributed by atoms with van der Waals surface area (Å²) in [5, 5.41) is 3.49. The molecule has 0 amide bonds. The molecule has 2 N–H and O–H groups in total. The van der Waals surface area contributed by atoms with Gasteiger partial charge in [0.05, 0.1) is 5.56 Å². The molecule has 2 aromatic rings. The van der Waals surface area contributed by atoms with Crippen molar-refractivity contribution in [1.82, 2.24) is 5.16 Å². The van der Waals surface area contributed by atoms with E-state index < -0.39 is 0 Å². The summed E-state index contributed by atoms with van der Waals surface area (Å²) < 4.78 is 18.3. The van der Waals surface area contributed by atoms with E-state index in [1.165, 1.54) is 12.1 Å². The maximum absolute atomic E-state index is 13.4. The van der Waals surface area contributed by atoms with E-state index in [0.29, 0.717) is 11.3 Å². The first kappa shape index (κ1) is 8.74. The van der Waals surface area contributed by atoms with Gasteiger partial charge in [-0.1, -0.05) is 11.2 Å². The smallest absolute Gasteiger partial charge is 0.172 e. The van der Waals surface area contributed by atoms with Crippen LogP contribution in [0.15, 0.2) is 28.8 Å². The summed E-state index contributed by atoms with van der Waals surface area (Å²) in [7, 11) is 0. The largest absolute Gasteiger partial charge is 0.381 e. The predicted octanol–water partition coefficient (Wildman–Crippen LogP) is 2.37. The van der Waals surface area contributed by atoms with Crippen molar-refractivity contribution in [1.29, 1.82) is 0 Å². The van der Waals surface area contributed by atoms with Gasteiger partial charge >= 0.3 is 0 Å². The molecular formula is C10H9FN2O. The second-order valence-electron chi connectivity index (χ2n) is 3.10. The van der Waals surface area contributed by atoms with E-state index in [1.54, 1.807) is 12.1 Å². The molecule has 1 aromatic heterocycles. The van der Waals surface area contributed by atoms with E-state index >= 15 is 0 Å². The third kappa shape index (κ3) is 1.46. The molecule has 0 spiro atoms. The zero-order chi connectivity index (χ0) is 10.1. The number of hydrogen-bond donors (Lipinski definition) is 1. The van der Waals surface area contributed by atoms with Crippen LogP contribution in [0.4, 0.5) is 10.2 Å². The molecule has 0 aliphatic carbocycles. The van der Waals surface area contributed by atoms with Gasteiger partial charge in [0.1, 0.15) is 5.82 Å². The van der Waals surface area contributed by atoms with Crippen molar-refractivity contribution >= 4 is 5.82 Å². The number of anilines is 1. The van der Waals surface area contributed by atoms with E-state index in [-0.39, 0.29) is 11.6 Å². The molecule has 0 radical (unpaired) electrons. The van der Waals surface area contributed by atoms with Crippen LogP contribution in [0.1, 0.15) is 5.56 Å². The van der Waals surface area contributed by atoms with Crippen molar-refractivity contribution < 1.29 is 8.91 Å². The highest BCUT2D eigenvalue weighted by molar-refractivity contribution is 5.61. The fraction of sp³-hybridized carbons (Fsp3) is 0.100. The summed E-state index contributed by atoms with van der Waals surface area (Å²) in [4.78, 5) is 0. The van der Waals surface area contributed by atoms with E-state index in [9.17, 15) is 4.39 Å². The molecule has 0 saturated heterocycles. The van der Waals surface area contributed by atoms with Crippen molar-refractivity contribution in [2.45, 2.75) is 6.92 Å². The average molecular weight is 192 g/mol. The monoisotopic (exact) mass is 192 g/mol. The van der Waals surface area contributed by atoms with Crippen LogP contribution in [0.25, 0.3) is 11.3 Å². The number of hydrogen-bond acceptors (Lipinski definition) is 3. The molecule has 0 fully saturated rings. The Kier molecular flexibility index (Phi) is 1.96. The van der Waals surface area contributed by atoms with Gasteiger partial charge < -0.3 is 10.3 Å². The van der Waals surface area contributed by atoms with Crippen LogP contribution in [0.3, 0.4) is 0 Å². The standard InChI is InChI=1S/C10H9FN2O/c1-6-2-3-7(8(11)4-6)9-5-10(12)13-14-9/h2-5H,1H3,(H2,12,13). The van der Waals surface area contributed by atoms with Crippen LogP contribution < -0.4 is 5.73 Å². The molecule has 0 saturated carbocycles. The lowest BCUT2D eigenvalue weighted by Gasteiger charge is -1.98. The molecule has 0 bridgehead atoms. The van der Waals surface area contributed by atoms with Gasteiger partial charge in [0.15, 0.2) is 11.6 Å². The second kappa shape index (κ2) is 3.14. The highest BCUT2D eigenvalue weighted by atomic mass is 19.1. The Bertz CT molecular complexity index is 465. The van der Waals surface area contributed by atoms with Crippen molar-refractivity contribution in [3.8, 4) is 11.3 Å². The minimum atomic E-state index is -0.332. The molecule has 14 heavy (non-hydrogen) atoms. The van der Waals surface area contributed by atoms with Gasteiger partial charge in [0.25, 0.3) is 0 Å². The summed E-state index contributed by atoms with van der Waals surface area (Å²) in [6, 6.07) is 6.38. The Balaban J connectivity index is 2.52. The van der Waals surface area contributed by atoms with Crippen LogP contribution in [-0.2, 0) is 0 Å². The zero-order valence-corrected chi connectivity index (χ0v) is 7.62. The summed E-state index contributed by atoms with van der Waals surface area (Å²) in [6.07, 6.45) is 0. The van der Waals surface area contributed by atoms with Gasteiger partial charge in [-0.15, -0.1) is 0 Å². The molecular weight excluding hydrogens is 183 g/mol. The van der Waals surface area contributed by atoms with Crippen molar-refractivity contribution in [3.05, 3.63) is 35.6 Å². The summed E-state index contributed by atoms with van der Waals surface area (Å²) in [5.41, 5.74) is 6.60. The SMILES string of the molecule is Cc1ccc(-c2cc(N)no2)c(F)c1. The Morgan fingerprint density at radius 1 is 1.36 bits per heavy atom. The van der Waals surface area contributed by atoms with Gasteiger partial charge in [-0.25, -0.2) is 4.39 Å². The predicted molar refractivity (Wildman–Crippen MR) is 51.0 cm³/mol. The van der Waals surface area contributed by atoms with Crippen LogP contribution >= 0.6 is 0 Å². The number of benzene rings is 1. The fourth-order valence-electron chi connectivity index (χ4n) is 1.24. The summed E-state index contributed by atoms with van der Waals surface area (Å²) in [5.74, 6) is 0.265. The molecule has 2 rings (SSSR count). The first-order chi connectivity index (χ1) is 6.66. The van der Waals surface area contributed by atoms with Crippen LogP contribution in [0.5, 0.6) is 0 Å². The molecule has 72 valence electrons. The number of aromatic nitrogens is 1. The van der Waals surface area contributed by atoms with E-state index in [1.807, 2.05) is 6.92 Å². The number of rotatable bonds is 1. The molecule has 1 aromatic carbocycles. The number of aryl methyl sites for hydroxylation is 1. The first-order valence-electron chi connectivity index (χ1n) is 4.15. The Morgan fingerprint density at radius 2 is 2.14 bits per heavy atom. The molecule has 0 aliphatic rings. The van der Waals surface area contributed by atoms with E-state index in [2.05, 4.69) is 5.16 Å². The topological polar surface area (TPSA) is 52.0 Å². The number of nitrogen functional groups attached to an aromatic ring is 1. The van der Waals surface area contributed by atoms with Gasteiger partial charge in [0.2, 0.25) is 0 Å². The molecule has 1 heterocycles. The minimum Gasteiger partial charge on any atom is -0.381 e. The first-order valence-corrected chi connectivity index (χ1v) is 4.15. The summed E-state index contributed by atoms with van der Waals surface area (Å²) >= 11 is 0. The third-order valence-corrected chi connectivity index (χ3v) is 1.92. The van der Waals surface area contributed by atoms with Gasteiger partial charge in [-0.2, -0.15) is 0 Å². The molecule has 0 atom stereocenters. The van der Waals surface area contributed by atoms with Crippen molar-refractivity contribution in [2.24, 2.45) is 0 Å². The average Bonchev–Trinajstić information content (AvgIpc) is 2.51. The fourth-order valence-corrected chi connectivity index (χ4v) is 1.24. The quantitative estimate of drug-likeness (QED) is 0.754. The highest BCUT2D eigenvalue weighted by Gasteiger charge is 2.09. The molecule has 3 nitrogen and oxygen atoms in total. The maximum Gasteiger partial charge on any atom is 0.172 e. The Morgan fingerprint density at radius 3 is 2.71 bits per heavy atom. The Labute approximate surface area is 80.3 Å². The lowest BCUT2D eigenvalue weighted by atomic mass is 10.1. The van der Waals surface area contributed by atoms with Crippen molar-refractivity contribution in [2.75, 3.05) is 5.73 Å². The van der Waals surface area contributed by atoms with Crippen molar-refractivity contribution in [3.63, 3.8) is 0 Å². The van der Waals surface area contributed by atoms with E-state index in [4.69, 9.17) is 10.3 Å². The minimum absolute atomic E-state index is 0.250. The van der Waals surface area contributed by atoms with Crippen LogP contribution in [-0.4, -0.2) is 5.16 Å². The normalized spacial score (nSPS) is 10.4. The van der Waals surface area contributed by atoms with Gasteiger partial charge in [0, 0.05) is 6.07 Å². The number of nitrogens with two attached hydrogens (primary N) is 1. The third-order valence-electron chi connectivity index (χ3n) is 1.92. The van der Waals surface area contributed by atoms with Crippen LogP contribution in [0.2, 0.25) is 0 Å². The zero-order valence-electron chi connectivity index (χ0n) is 7.62. The lowest BCUT2D eigenvalue weighted by Crippen LogP contribution is -1.83. The molecule has 0 unspecified atom stereocenters. The van der Waals surface area contributed by atoms with E-state index in [0.717, 1.165) is 5.56 Å². The Hall–Kier alpha value is -1.84. The number of halogens is 1. The molecule has 4 heteroatoms.